The van der Waals surface area contributed by atoms with Gasteiger partial charge in [-0.3, -0.25) is 4.79 Å². The molecule has 0 aromatic carbocycles. The number of esters is 1. The van der Waals surface area contributed by atoms with Gasteiger partial charge in [-0.05, 0) is 6.42 Å². The zero-order chi connectivity index (χ0) is 13.8. The number of rotatable bonds is 5. The quantitative estimate of drug-likeness (QED) is 0.585. The molecule has 0 bridgehead atoms. The fourth-order valence-electron chi connectivity index (χ4n) is 2.32. The van der Waals surface area contributed by atoms with Gasteiger partial charge in [0.25, 0.3) is 0 Å². The first kappa shape index (κ1) is 14.1. The van der Waals surface area contributed by atoms with E-state index in [0.717, 1.165) is 12.8 Å². The monoisotopic (exact) mass is 274 g/mol. The lowest BCUT2D eigenvalue weighted by atomic mass is 10.0. The summed E-state index contributed by atoms with van der Waals surface area (Å²) in [6.07, 6.45) is -1.26. The topological polar surface area (TPSA) is 91.3 Å². The predicted molar refractivity (Wildman–Crippen MR) is 61.7 cm³/mol. The molecular formula is C12H18O7. The summed E-state index contributed by atoms with van der Waals surface area (Å²) in [4.78, 5) is 22.4. The first-order valence-corrected chi connectivity index (χ1v) is 6.43. The van der Waals surface area contributed by atoms with Crippen molar-refractivity contribution >= 4 is 12.1 Å². The number of unbranched alkanes of at least 4 members (excludes halogenated alkanes) is 1. The van der Waals surface area contributed by atoms with E-state index >= 15 is 0 Å². The van der Waals surface area contributed by atoms with E-state index in [1.807, 2.05) is 6.92 Å². The first-order valence-electron chi connectivity index (χ1n) is 6.43. The molecule has 4 unspecified atom stereocenters. The summed E-state index contributed by atoms with van der Waals surface area (Å²) in [6, 6.07) is 0. The van der Waals surface area contributed by atoms with Crippen LogP contribution in [0.4, 0.5) is 4.79 Å². The van der Waals surface area contributed by atoms with Crippen molar-refractivity contribution in [3.8, 4) is 0 Å². The van der Waals surface area contributed by atoms with Crippen LogP contribution in [0.25, 0.3) is 0 Å². The minimum Gasteiger partial charge on any atom is -0.465 e. The molecule has 0 radical (unpaired) electrons. The Morgan fingerprint density at radius 3 is 2.68 bits per heavy atom. The molecule has 7 nitrogen and oxygen atoms in total. The van der Waals surface area contributed by atoms with Crippen molar-refractivity contribution in [2.45, 2.75) is 38.1 Å². The second-order valence-corrected chi connectivity index (χ2v) is 4.65. The minimum absolute atomic E-state index is 0.111. The van der Waals surface area contributed by atoms with Crippen molar-refractivity contribution in [1.82, 2.24) is 0 Å². The highest BCUT2D eigenvalue weighted by atomic mass is 16.7. The summed E-state index contributed by atoms with van der Waals surface area (Å²) in [5.41, 5.74) is 0. The van der Waals surface area contributed by atoms with Gasteiger partial charge in [0.1, 0.15) is 18.1 Å². The average molecular weight is 274 g/mol. The van der Waals surface area contributed by atoms with Gasteiger partial charge in [-0.1, -0.05) is 13.3 Å². The number of carboxylic acid groups (broad SMARTS) is 1. The van der Waals surface area contributed by atoms with Crippen LogP contribution in [0.1, 0.15) is 19.8 Å². The summed E-state index contributed by atoms with van der Waals surface area (Å²) in [5.74, 6) is -0.846. The fraction of sp³-hybridized carbons (Fsp3) is 0.833. The fourth-order valence-corrected chi connectivity index (χ4v) is 2.32. The summed E-state index contributed by atoms with van der Waals surface area (Å²) >= 11 is 0. The molecule has 0 spiro atoms. The van der Waals surface area contributed by atoms with Crippen molar-refractivity contribution in [2.75, 3.05) is 19.8 Å². The Bertz CT molecular complexity index is 343. The zero-order valence-electron chi connectivity index (χ0n) is 10.7. The smallest absolute Gasteiger partial charge is 0.465 e. The highest BCUT2D eigenvalue weighted by Gasteiger charge is 2.52. The Kier molecular flexibility index (Phi) is 4.60. The van der Waals surface area contributed by atoms with Gasteiger partial charge in [-0.2, -0.15) is 0 Å². The molecule has 2 aliphatic rings. The van der Waals surface area contributed by atoms with Crippen LogP contribution in [-0.2, 0) is 23.7 Å². The second-order valence-electron chi connectivity index (χ2n) is 4.65. The van der Waals surface area contributed by atoms with Crippen LogP contribution in [0, 0.1) is 5.92 Å². The van der Waals surface area contributed by atoms with Crippen molar-refractivity contribution in [1.29, 1.82) is 0 Å². The van der Waals surface area contributed by atoms with Gasteiger partial charge in [0, 0.05) is 0 Å². The highest BCUT2D eigenvalue weighted by Crippen LogP contribution is 2.33. The molecule has 2 aliphatic heterocycles. The van der Waals surface area contributed by atoms with Gasteiger partial charge in [-0.15, -0.1) is 0 Å². The van der Waals surface area contributed by atoms with Crippen molar-refractivity contribution in [2.24, 2.45) is 5.92 Å². The number of fused-ring (bicyclic) bond motifs is 1. The molecule has 108 valence electrons. The Hall–Kier alpha value is -1.34. The van der Waals surface area contributed by atoms with Crippen LogP contribution in [0.2, 0.25) is 0 Å². The van der Waals surface area contributed by atoms with E-state index < -0.39 is 30.4 Å². The average Bonchev–Trinajstić information content (AvgIpc) is 2.92. The maximum Gasteiger partial charge on any atom is 0.506 e. The van der Waals surface area contributed by atoms with E-state index in [9.17, 15) is 9.59 Å². The molecule has 2 heterocycles. The van der Waals surface area contributed by atoms with Crippen molar-refractivity contribution in [3.05, 3.63) is 0 Å². The highest BCUT2D eigenvalue weighted by molar-refractivity contribution is 5.74. The molecule has 2 saturated heterocycles. The molecule has 0 amide bonds. The SMILES string of the molecule is CCCCOC(=O)C1COC2C(OC(=O)O)COC12. The van der Waals surface area contributed by atoms with Crippen LogP contribution in [0.15, 0.2) is 0 Å². The summed E-state index contributed by atoms with van der Waals surface area (Å²) in [6.45, 7) is 2.69. The Morgan fingerprint density at radius 2 is 2.00 bits per heavy atom. The third kappa shape index (κ3) is 3.16. The lowest BCUT2D eigenvalue weighted by molar-refractivity contribution is -0.152. The largest absolute Gasteiger partial charge is 0.506 e. The van der Waals surface area contributed by atoms with Crippen LogP contribution < -0.4 is 0 Å². The standard InChI is InChI=1S/C12H18O7/c1-2-3-4-16-11(13)7-5-17-10-8(19-12(14)15)6-18-9(7)10/h7-10H,2-6H2,1H3,(H,14,15). The molecule has 0 saturated carbocycles. The lowest BCUT2D eigenvalue weighted by Crippen LogP contribution is -2.35. The number of carbonyl (C=O) groups excluding carboxylic acids is 1. The second kappa shape index (κ2) is 6.21. The zero-order valence-corrected chi connectivity index (χ0v) is 10.7. The van der Waals surface area contributed by atoms with E-state index in [1.165, 1.54) is 0 Å². The van der Waals surface area contributed by atoms with Crippen molar-refractivity contribution in [3.63, 3.8) is 0 Å². The normalized spacial score (nSPS) is 32.9. The van der Waals surface area contributed by atoms with Gasteiger partial charge in [-0.25, -0.2) is 4.79 Å². The molecule has 2 fully saturated rings. The van der Waals surface area contributed by atoms with E-state index in [-0.39, 0.29) is 19.2 Å². The number of hydrogen-bond acceptors (Lipinski definition) is 6. The van der Waals surface area contributed by atoms with E-state index in [2.05, 4.69) is 4.74 Å². The molecular weight excluding hydrogens is 256 g/mol. The van der Waals surface area contributed by atoms with Gasteiger partial charge in [0.15, 0.2) is 6.10 Å². The van der Waals surface area contributed by atoms with Gasteiger partial charge in [0.05, 0.1) is 19.8 Å². The maximum absolute atomic E-state index is 11.9. The summed E-state index contributed by atoms with van der Waals surface area (Å²) < 4.78 is 20.6. The Morgan fingerprint density at radius 1 is 1.26 bits per heavy atom. The van der Waals surface area contributed by atoms with Crippen LogP contribution in [0.5, 0.6) is 0 Å². The molecule has 0 aromatic rings. The third-order valence-corrected chi connectivity index (χ3v) is 3.31. The summed E-state index contributed by atoms with van der Waals surface area (Å²) in [7, 11) is 0. The summed E-state index contributed by atoms with van der Waals surface area (Å²) in [5, 5.41) is 8.59. The molecule has 19 heavy (non-hydrogen) atoms. The van der Waals surface area contributed by atoms with Crippen molar-refractivity contribution < 1.29 is 33.6 Å². The lowest BCUT2D eigenvalue weighted by Gasteiger charge is -2.15. The molecule has 0 aromatic heterocycles. The van der Waals surface area contributed by atoms with E-state index in [1.54, 1.807) is 0 Å². The molecule has 7 heteroatoms. The Labute approximate surface area is 110 Å². The number of ether oxygens (including phenoxy) is 4. The van der Waals surface area contributed by atoms with Crippen LogP contribution in [-0.4, -0.2) is 55.4 Å². The van der Waals surface area contributed by atoms with E-state index in [4.69, 9.17) is 19.3 Å². The van der Waals surface area contributed by atoms with Crippen LogP contribution >= 0.6 is 0 Å². The van der Waals surface area contributed by atoms with Crippen LogP contribution in [0.3, 0.4) is 0 Å². The predicted octanol–water partition coefficient (Wildman–Crippen LogP) is 0.807. The van der Waals surface area contributed by atoms with E-state index in [0.29, 0.717) is 6.61 Å². The first-order chi connectivity index (χ1) is 9.13. The minimum atomic E-state index is -1.37. The molecule has 0 aliphatic carbocycles. The molecule has 2 rings (SSSR count). The number of hydrogen-bond donors (Lipinski definition) is 1. The molecule has 4 atom stereocenters. The maximum atomic E-state index is 11.9. The number of carbonyl (C=O) groups is 2. The van der Waals surface area contributed by atoms with Gasteiger partial charge in [0.2, 0.25) is 0 Å². The van der Waals surface area contributed by atoms with Gasteiger partial charge < -0.3 is 24.1 Å². The molecule has 1 N–H and O–H groups in total. The van der Waals surface area contributed by atoms with Gasteiger partial charge >= 0.3 is 12.1 Å². The third-order valence-electron chi connectivity index (χ3n) is 3.31. The Balaban J connectivity index is 1.86.